The Morgan fingerprint density at radius 1 is 0.875 bits per heavy atom. The van der Waals surface area contributed by atoms with Gasteiger partial charge < -0.3 is 0 Å². The first-order chi connectivity index (χ1) is 15.8. The van der Waals surface area contributed by atoms with E-state index in [0.717, 1.165) is 57.0 Å². The lowest BCUT2D eigenvalue weighted by atomic mass is 9.95. The van der Waals surface area contributed by atoms with E-state index in [0.29, 0.717) is 6.04 Å². The van der Waals surface area contributed by atoms with Crippen LogP contribution in [0.15, 0.2) is 54.6 Å². The molecule has 2 aliphatic rings. The van der Waals surface area contributed by atoms with E-state index in [1.165, 1.54) is 24.8 Å². The van der Waals surface area contributed by atoms with Crippen LogP contribution in [-0.4, -0.2) is 56.2 Å². The van der Waals surface area contributed by atoms with Crippen molar-refractivity contribution in [3.05, 3.63) is 77.4 Å². The van der Waals surface area contributed by atoms with E-state index in [-0.39, 0.29) is 11.9 Å². The van der Waals surface area contributed by atoms with Crippen molar-refractivity contribution >= 4 is 0 Å². The summed E-state index contributed by atoms with van der Waals surface area (Å²) in [5.74, 6) is 0.673. The van der Waals surface area contributed by atoms with Crippen LogP contribution in [0.2, 0.25) is 0 Å². The number of hydrogen-bond donors (Lipinski definition) is 0. The molecule has 1 atom stereocenters. The number of rotatable bonds is 6. The van der Waals surface area contributed by atoms with Crippen molar-refractivity contribution in [1.29, 1.82) is 0 Å². The largest absolute Gasteiger partial charge is 0.297 e. The summed E-state index contributed by atoms with van der Waals surface area (Å²) in [5, 5.41) is 13.0. The molecule has 7 heteroatoms. The average Bonchev–Trinajstić information content (AvgIpc) is 3.32. The second-order valence-corrected chi connectivity index (χ2v) is 9.03. The summed E-state index contributed by atoms with van der Waals surface area (Å²) >= 11 is 0. The van der Waals surface area contributed by atoms with Crippen LogP contribution in [-0.2, 0) is 6.54 Å². The standard InChI is InChI=1S/C25H31FN6/c26-22-13-11-21(12-14-22)24(25-27-28-29-32(25)23-9-5-2-6-10-23)31-17-15-30(16-18-31)19-20-7-3-1-4-8-20/h1,3-4,7-8,11-14,23-24H,2,5-6,9-10,15-19H2/t24-/m1/s1. The van der Waals surface area contributed by atoms with E-state index >= 15 is 0 Å². The Labute approximate surface area is 189 Å². The molecular formula is C25H31FN6. The average molecular weight is 435 g/mol. The molecule has 168 valence electrons. The van der Waals surface area contributed by atoms with Crippen LogP contribution in [0.25, 0.3) is 0 Å². The third kappa shape index (κ3) is 4.74. The van der Waals surface area contributed by atoms with E-state index in [2.05, 4.69) is 60.3 Å². The van der Waals surface area contributed by atoms with Gasteiger partial charge in [0.2, 0.25) is 0 Å². The SMILES string of the molecule is Fc1ccc([C@H](c2nnnn2C2CCCCC2)N2CCN(Cc3ccccc3)CC2)cc1. The van der Waals surface area contributed by atoms with E-state index in [4.69, 9.17) is 0 Å². The second kappa shape index (κ2) is 9.88. The molecule has 0 N–H and O–H groups in total. The maximum absolute atomic E-state index is 13.7. The molecule has 2 aromatic carbocycles. The third-order valence-corrected chi connectivity index (χ3v) is 6.89. The van der Waals surface area contributed by atoms with Crippen LogP contribution in [0.5, 0.6) is 0 Å². The fourth-order valence-electron chi connectivity index (χ4n) is 5.16. The van der Waals surface area contributed by atoms with E-state index < -0.39 is 0 Å². The lowest BCUT2D eigenvalue weighted by Gasteiger charge is -2.39. The minimum Gasteiger partial charge on any atom is -0.297 e. The Kier molecular flexibility index (Phi) is 6.55. The number of aromatic nitrogens is 4. The molecular weight excluding hydrogens is 403 g/mol. The van der Waals surface area contributed by atoms with Crippen molar-refractivity contribution in [2.24, 2.45) is 0 Å². The molecule has 0 spiro atoms. The van der Waals surface area contributed by atoms with Crippen LogP contribution in [0.1, 0.15) is 61.1 Å². The summed E-state index contributed by atoms with van der Waals surface area (Å²) in [7, 11) is 0. The molecule has 5 rings (SSSR count). The Bertz CT molecular complexity index is 975. The molecule has 6 nitrogen and oxygen atoms in total. The predicted molar refractivity (Wildman–Crippen MR) is 121 cm³/mol. The van der Waals surface area contributed by atoms with Crippen molar-refractivity contribution < 1.29 is 4.39 Å². The van der Waals surface area contributed by atoms with Crippen molar-refractivity contribution in [3.63, 3.8) is 0 Å². The number of tetrazole rings is 1. The number of nitrogens with zero attached hydrogens (tertiary/aromatic N) is 6. The Balaban J connectivity index is 1.37. The van der Waals surface area contributed by atoms with Gasteiger partial charge in [-0.3, -0.25) is 9.80 Å². The second-order valence-electron chi connectivity index (χ2n) is 9.03. The maximum Gasteiger partial charge on any atom is 0.173 e. The van der Waals surface area contributed by atoms with E-state index in [1.54, 1.807) is 12.1 Å². The van der Waals surface area contributed by atoms with Gasteiger partial charge in [-0.1, -0.05) is 61.7 Å². The Hall–Kier alpha value is -2.64. The van der Waals surface area contributed by atoms with E-state index in [9.17, 15) is 4.39 Å². The zero-order valence-corrected chi connectivity index (χ0v) is 18.5. The Morgan fingerprint density at radius 3 is 2.31 bits per heavy atom. The lowest BCUT2D eigenvalue weighted by molar-refractivity contribution is 0.0986. The van der Waals surface area contributed by atoms with Gasteiger partial charge in [0.1, 0.15) is 5.82 Å². The monoisotopic (exact) mass is 434 g/mol. The fraction of sp³-hybridized carbons (Fsp3) is 0.480. The van der Waals surface area contributed by atoms with Crippen LogP contribution >= 0.6 is 0 Å². The van der Waals surface area contributed by atoms with Gasteiger partial charge in [-0.2, -0.15) is 0 Å². The summed E-state index contributed by atoms with van der Waals surface area (Å²) in [6, 6.07) is 17.8. The third-order valence-electron chi connectivity index (χ3n) is 6.89. The Morgan fingerprint density at radius 2 is 1.59 bits per heavy atom. The summed E-state index contributed by atoms with van der Waals surface area (Å²) in [6.45, 7) is 4.78. The molecule has 1 aliphatic carbocycles. The molecule has 1 aliphatic heterocycles. The highest BCUT2D eigenvalue weighted by atomic mass is 19.1. The van der Waals surface area contributed by atoms with Crippen molar-refractivity contribution in [3.8, 4) is 0 Å². The van der Waals surface area contributed by atoms with Crippen molar-refractivity contribution in [1.82, 2.24) is 30.0 Å². The van der Waals surface area contributed by atoms with Crippen LogP contribution < -0.4 is 0 Å². The van der Waals surface area contributed by atoms with Gasteiger partial charge >= 0.3 is 0 Å². The molecule has 0 unspecified atom stereocenters. The first-order valence-electron chi connectivity index (χ1n) is 11.8. The van der Waals surface area contributed by atoms with Crippen LogP contribution in [0.4, 0.5) is 4.39 Å². The smallest absolute Gasteiger partial charge is 0.173 e. The zero-order valence-electron chi connectivity index (χ0n) is 18.5. The topological polar surface area (TPSA) is 50.1 Å². The van der Waals surface area contributed by atoms with Gasteiger partial charge in [0.15, 0.2) is 5.82 Å². The summed E-state index contributed by atoms with van der Waals surface area (Å²) in [5.41, 5.74) is 2.40. The van der Waals surface area contributed by atoms with Gasteiger partial charge in [0, 0.05) is 32.7 Å². The molecule has 1 saturated heterocycles. The minimum absolute atomic E-state index is 0.0635. The molecule has 1 aromatic heterocycles. The molecule has 1 saturated carbocycles. The summed E-state index contributed by atoms with van der Waals surface area (Å²) < 4.78 is 15.8. The van der Waals surface area contributed by atoms with Gasteiger partial charge in [0.05, 0.1) is 12.1 Å². The van der Waals surface area contributed by atoms with Crippen molar-refractivity contribution in [2.45, 2.75) is 50.7 Å². The fourth-order valence-corrected chi connectivity index (χ4v) is 5.16. The minimum atomic E-state index is -0.216. The van der Waals surface area contributed by atoms with Gasteiger partial charge in [0.25, 0.3) is 0 Å². The summed E-state index contributed by atoms with van der Waals surface area (Å²) in [4.78, 5) is 4.96. The summed E-state index contributed by atoms with van der Waals surface area (Å²) in [6.07, 6.45) is 5.99. The quantitative estimate of drug-likeness (QED) is 0.581. The molecule has 0 radical (unpaired) electrons. The number of benzene rings is 2. The molecule has 0 amide bonds. The predicted octanol–water partition coefficient (Wildman–Crippen LogP) is 4.22. The number of piperazine rings is 1. The highest BCUT2D eigenvalue weighted by Gasteiger charge is 2.32. The normalized spacial score (nSPS) is 19.8. The number of halogens is 1. The van der Waals surface area contributed by atoms with Crippen molar-refractivity contribution in [2.75, 3.05) is 26.2 Å². The molecule has 2 heterocycles. The number of hydrogen-bond acceptors (Lipinski definition) is 5. The molecule has 32 heavy (non-hydrogen) atoms. The molecule has 2 fully saturated rings. The zero-order chi connectivity index (χ0) is 21.8. The van der Waals surface area contributed by atoms with Gasteiger partial charge in [-0.15, -0.1) is 5.10 Å². The van der Waals surface area contributed by atoms with Crippen LogP contribution in [0, 0.1) is 5.82 Å². The molecule has 3 aromatic rings. The maximum atomic E-state index is 13.7. The van der Waals surface area contributed by atoms with E-state index in [1.807, 2.05) is 12.1 Å². The highest BCUT2D eigenvalue weighted by molar-refractivity contribution is 5.26. The molecule has 0 bridgehead atoms. The lowest BCUT2D eigenvalue weighted by Crippen LogP contribution is -2.48. The van der Waals surface area contributed by atoms with Gasteiger partial charge in [-0.05, 0) is 46.5 Å². The highest BCUT2D eigenvalue weighted by Crippen LogP contribution is 2.33. The van der Waals surface area contributed by atoms with Gasteiger partial charge in [-0.25, -0.2) is 9.07 Å². The first-order valence-corrected chi connectivity index (χ1v) is 11.8. The first kappa shape index (κ1) is 21.2. The van der Waals surface area contributed by atoms with Crippen LogP contribution in [0.3, 0.4) is 0 Å².